The summed E-state index contributed by atoms with van der Waals surface area (Å²) in [6.07, 6.45) is 3.21. The van der Waals surface area contributed by atoms with Gasteiger partial charge in [0, 0.05) is 37.4 Å². The van der Waals surface area contributed by atoms with E-state index in [0.29, 0.717) is 32.5 Å². The van der Waals surface area contributed by atoms with Gasteiger partial charge in [0.25, 0.3) is 0 Å². The first-order chi connectivity index (χ1) is 13.1. The summed E-state index contributed by atoms with van der Waals surface area (Å²) in [6.45, 7) is 6.36. The van der Waals surface area contributed by atoms with E-state index >= 15 is 0 Å². The topological polar surface area (TPSA) is 51.0 Å². The van der Waals surface area contributed by atoms with Crippen LogP contribution in [0.3, 0.4) is 0 Å². The normalized spacial score (nSPS) is 23.9. The largest absolute Gasteiger partial charge is 0.466 e. The van der Waals surface area contributed by atoms with Crippen LogP contribution in [-0.2, 0) is 20.9 Å². The Labute approximate surface area is 160 Å². The third-order valence-electron chi connectivity index (χ3n) is 5.84. The maximum Gasteiger partial charge on any atom is 0.309 e. The summed E-state index contributed by atoms with van der Waals surface area (Å²) < 4.78 is 18.1. The van der Waals surface area contributed by atoms with E-state index in [2.05, 4.69) is 0 Å². The van der Waals surface area contributed by atoms with Crippen LogP contribution in [0.4, 0.5) is 4.39 Å². The molecule has 0 unspecified atom stereocenters. The minimum absolute atomic E-state index is 0.0593. The smallest absolute Gasteiger partial charge is 0.309 e. The maximum absolute atomic E-state index is 13.0. The number of amides is 1. The first kappa shape index (κ1) is 19.8. The van der Waals surface area contributed by atoms with Crippen molar-refractivity contribution in [3.63, 3.8) is 0 Å². The number of carbonyl (C=O) groups excluding carboxylic acids is 2. The van der Waals surface area contributed by atoms with Crippen molar-refractivity contribution in [1.29, 1.82) is 0 Å². The first-order valence-electron chi connectivity index (χ1n) is 10.1. The summed E-state index contributed by atoms with van der Waals surface area (Å²) in [5, 5.41) is 0. The van der Waals surface area contributed by atoms with Gasteiger partial charge in [-0.15, -0.1) is 0 Å². The van der Waals surface area contributed by atoms with Gasteiger partial charge in [-0.25, -0.2) is 4.39 Å². The molecule has 0 bridgehead atoms. The second-order valence-corrected chi connectivity index (χ2v) is 7.68. The number of nitrogens with one attached hydrogen (secondary N) is 1. The Hall–Kier alpha value is -1.95. The molecular weight excluding hydrogens is 347 g/mol. The molecule has 2 aliphatic heterocycles. The number of esters is 1. The van der Waals surface area contributed by atoms with Gasteiger partial charge in [-0.3, -0.25) is 9.59 Å². The molecule has 3 rings (SSSR count). The lowest BCUT2D eigenvalue weighted by Crippen LogP contribution is -3.11. The second-order valence-electron chi connectivity index (χ2n) is 7.68. The number of ether oxygens (including phenoxy) is 1. The predicted octanol–water partition coefficient (Wildman–Crippen LogP) is 1.42. The average molecular weight is 377 g/mol. The fourth-order valence-corrected chi connectivity index (χ4v) is 4.19. The standard InChI is InChI=1S/C21H29FN2O3/c1-2-27-21(26)18-9-13-24(14-10-18)20(25)17-7-11-23(12-8-17)15-16-3-5-19(22)6-4-16/h3-6,17-18H,2,7-15H2,1H3/p+1. The van der Waals surface area contributed by atoms with Crippen molar-refractivity contribution < 1.29 is 23.6 Å². The molecule has 0 radical (unpaired) electrons. The summed E-state index contributed by atoms with van der Waals surface area (Å²) in [5.74, 6) is -0.0395. The Morgan fingerprint density at radius 2 is 1.70 bits per heavy atom. The summed E-state index contributed by atoms with van der Waals surface area (Å²) in [5.41, 5.74) is 1.14. The minimum atomic E-state index is -0.204. The Morgan fingerprint density at radius 1 is 1.07 bits per heavy atom. The second kappa shape index (κ2) is 9.31. The number of quaternary nitrogens is 1. The molecule has 2 saturated heterocycles. The van der Waals surface area contributed by atoms with Gasteiger partial charge in [0.15, 0.2) is 0 Å². The highest BCUT2D eigenvalue weighted by Gasteiger charge is 2.34. The van der Waals surface area contributed by atoms with E-state index in [1.807, 2.05) is 24.0 Å². The van der Waals surface area contributed by atoms with Gasteiger partial charge in [0.2, 0.25) is 5.91 Å². The number of rotatable bonds is 5. The molecule has 5 nitrogen and oxygen atoms in total. The van der Waals surface area contributed by atoms with Crippen molar-refractivity contribution in [1.82, 2.24) is 4.90 Å². The molecule has 1 amide bonds. The zero-order valence-electron chi connectivity index (χ0n) is 16.1. The van der Waals surface area contributed by atoms with E-state index in [-0.39, 0.29) is 29.5 Å². The SMILES string of the molecule is CCOC(=O)C1CCN(C(=O)C2CC[NH+](Cc3ccc(F)cc3)CC2)CC1. The molecule has 1 aromatic carbocycles. The number of carbonyl (C=O) groups is 2. The van der Waals surface area contributed by atoms with Crippen LogP contribution in [-0.4, -0.2) is 49.6 Å². The molecular formula is C21H30FN2O3+. The van der Waals surface area contributed by atoms with E-state index in [1.165, 1.54) is 17.0 Å². The molecule has 2 heterocycles. The summed E-state index contributed by atoms with van der Waals surface area (Å²) in [6, 6.07) is 6.69. The Morgan fingerprint density at radius 3 is 2.30 bits per heavy atom. The predicted molar refractivity (Wildman–Crippen MR) is 99.5 cm³/mol. The van der Waals surface area contributed by atoms with E-state index in [9.17, 15) is 14.0 Å². The highest BCUT2D eigenvalue weighted by Crippen LogP contribution is 2.22. The fourth-order valence-electron chi connectivity index (χ4n) is 4.19. The zero-order valence-corrected chi connectivity index (χ0v) is 16.1. The molecule has 0 atom stereocenters. The molecule has 2 aliphatic rings. The van der Waals surface area contributed by atoms with Crippen molar-refractivity contribution in [2.24, 2.45) is 11.8 Å². The number of hydrogen-bond donors (Lipinski definition) is 1. The van der Waals surface area contributed by atoms with Gasteiger partial charge in [-0.2, -0.15) is 0 Å². The molecule has 0 aliphatic carbocycles. The number of likely N-dealkylation sites (tertiary alicyclic amines) is 2. The molecule has 1 N–H and O–H groups in total. The summed E-state index contributed by atoms with van der Waals surface area (Å²) in [7, 11) is 0. The van der Waals surface area contributed by atoms with Crippen LogP contribution in [0.15, 0.2) is 24.3 Å². The summed E-state index contributed by atoms with van der Waals surface area (Å²) in [4.78, 5) is 28.0. The Kier molecular flexibility index (Phi) is 6.83. The van der Waals surface area contributed by atoms with Gasteiger partial charge in [0.05, 0.1) is 25.6 Å². The Bertz CT molecular complexity index is 633. The lowest BCUT2D eigenvalue weighted by Gasteiger charge is -2.35. The van der Waals surface area contributed by atoms with Crippen LogP contribution in [0.25, 0.3) is 0 Å². The highest BCUT2D eigenvalue weighted by atomic mass is 19.1. The molecule has 27 heavy (non-hydrogen) atoms. The monoisotopic (exact) mass is 377 g/mol. The Balaban J connectivity index is 1.42. The van der Waals surface area contributed by atoms with Crippen LogP contribution < -0.4 is 4.90 Å². The van der Waals surface area contributed by atoms with E-state index in [4.69, 9.17) is 4.74 Å². The number of benzene rings is 1. The maximum atomic E-state index is 13.0. The lowest BCUT2D eigenvalue weighted by molar-refractivity contribution is -0.919. The molecule has 1 aromatic rings. The van der Waals surface area contributed by atoms with Gasteiger partial charge < -0.3 is 14.5 Å². The molecule has 0 saturated carbocycles. The fraction of sp³-hybridized carbons (Fsp3) is 0.619. The average Bonchev–Trinajstić information content (AvgIpc) is 2.70. The van der Waals surface area contributed by atoms with E-state index in [1.54, 1.807) is 0 Å². The number of hydrogen-bond acceptors (Lipinski definition) is 3. The minimum Gasteiger partial charge on any atom is -0.466 e. The molecule has 148 valence electrons. The van der Waals surface area contributed by atoms with Crippen molar-refractivity contribution >= 4 is 11.9 Å². The molecule has 0 spiro atoms. The third kappa shape index (κ3) is 5.28. The summed E-state index contributed by atoms with van der Waals surface area (Å²) >= 11 is 0. The van der Waals surface area contributed by atoms with Gasteiger partial charge in [-0.05, 0) is 31.9 Å². The molecule has 2 fully saturated rings. The van der Waals surface area contributed by atoms with Crippen molar-refractivity contribution in [2.45, 2.75) is 39.2 Å². The lowest BCUT2D eigenvalue weighted by atomic mass is 9.92. The van der Waals surface area contributed by atoms with Crippen LogP contribution in [0.1, 0.15) is 38.2 Å². The number of piperidine rings is 2. The van der Waals surface area contributed by atoms with E-state index < -0.39 is 0 Å². The van der Waals surface area contributed by atoms with Crippen molar-refractivity contribution in [3.05, 3.63) is 35.6 Å². The van der Waals surface area contributed by atoms with Crippen LogP contribution in [0.5, 0.6) is 0 Å². The van der Waals surface area contributed by atoms with Crippen LogP contribution >= 0.6 is 0 Å². The van der Waals surface area contributed by atoms with E-state index in [0.717, 1.165) is 38.0 Å². The zero-order chi connectivity index (χ0) is 19.2. The number of nitrogens with zero attached hydrogens (tertiary/aromatic N) is 1. The number of halogens is 1. The van der Waals surface area contributed by atoms with Crippen LogP contribution in [0, 0.1) is 17.7 Å². The van der Waals surface area contributed by atoms with Gasteiger partial charge in [0.1, 0.15) is 12.4 Å². The van der Waals surface area contributed by atoms with Crippen molar-refractivity contribution in [3.8, 4) is 0 Å². The third-order valence-corrected chi connectivity index (χ3v) is 5.84. The quantitative estimate of drug-likeness (QED) is 0.790. The first-order valence-corrected chi connectivity index (χ1v) is 10.1. The van der Waals surface area contributed by atoms with Gasteiger partial charge >= 0.3 is 5.97 Å². The molecule has 0 aromatic heterocycles. The van der Waals surface area contributed by atoms with Crippen molar-refractivity contribution in [2.75, 3.05) is 32.8 Å². The highest BCUT2D eigenvalue weighted by molar-refractivity contribution is 5.79. The van der Waals surface area contributed by atoms with Gasteiger partial charge in [-0.1, -0.05) is 12.1 Å². The van der Waals surface area contributed by atoms with Crippen LogP contribution in [0.2, 0.25) is 0 Å². The molecule has 6 heteroatoms.